The molecule has 1 N–H and O–H groups in total. The Kier molecular flexibility index (Phi) is 3.93. The number of ketones is 1. The molecule has 0 saturated carbocycles. The van der Waals surface area contributed by atoms with Crippen molar-refractivity contribution >= 4 is 17.4 Å². The number of hydrogen-bond acceptors (Lipinski definition) is 3. The van der Waals surface area contributed by atoms with Crippen molar-refractivity contribution in [1.82, 2.24) is 4.90 Å². The highest BCUT2D eigenvalue weighted by atomic mass is 19.1. The van der Waals surface area contributed by atoms with Crippen LogP contribution in [0.25, 0.3) is 5.76 Å². The molecule has 1 aliphatic rings. The van der Waals surface area contributed by atoms with Crippen molar-refractivity contribution in [3.8, 4) is 0 Å². The summed E-state index contributed by atoms with van der Waals surface area (Å²) in [5.41, 5.74) is 1.48. The molecular weight excluding hydrogens is 309 g/mol. The molecule has 4 nitrogen and oxygen atoms in total. The average molecular weight is 325 g/mol. The summed E-state index contributed by atoms with van der Waals surface area (Å²) in [5.74, 6) is -2.42. The molecular formula is C19H16FNO3. The number of amides is 1. The summed E-state index contributed by atoms with van der Waals surface area (Å²) in [6.45, 7) is 1.90. The molecule has 2 aromatic rings. The van der Waals surface area contributed by atoms with Crippen molar-refractivity contribution < 1.29 is 19.1 Å². The third kappa shape index (κ3) is 2.48. The summed E-state index contributed by atoms with van der Waals surface area (Å²) in [4.78, 5) is 25.6. The molecule has 0 aromatic heterocycles. The van der Waals surface area contributed by atoms with E-state index in [0.29, 0.717) is 5.56 Å². The SMILES string of the molecule is Cc1ccc(C(O)=C2C(=O)C(=O)N(C)C2c2ccccc2F)cc1. The first-order valence-corrected chi connectivity index (χ1v) is 7.48. The standard InChI is InChI=1S/C19H16FNO3/c1-11-7-9-12(10-8-11)17(22)15-16(21(2)19(24)18(15)23)13-5-3-4-6-14(13)20/h3-10,16,22H,1-2H3. The fourth-order valence-corrected chi connectivity index (χ4v) is 2.88. The zero-order valence-electron chi connectivity index (χ0n) is 13.3. The highest BCUT2D eigenvalue weighted by Gasteiger charge is 2.45. The second kappa shape index (κ2) is 5.92. The van der Waals surface area contributed by atoms with Crippen LogP contribution in [0, 0.1) is 12.7 Å². The molecule has 3 rings (SSSR count). The highest BCUT2D eigenvalue weighted by molar-refractivity contribution is 6.46. The second-order valence-corrected chi connectivity index (χ2v) is 5.80. The maximum Gasteiger partial charge on any atom is 0.295 e. The normalized spacial score (nSPS) is 19.8. The maximum absolute atomic E-state index is 14.2. The molecule has 2 aromatic carbocycles. The van der Waals surface area contributed by atoms with Crippen LogP contribution >= 0.6 is 0 Å². The zero-order chi connectivity index (χ0) is 17.4. The van der Waals surface area contributed by atoms with Crippen LogP contribution in [0.2, 0.25) is 0 Å². The topological polar surface area (TPSA) is 57.6 Å². The number of hydrogen-bond donors (Lipinski definition) is 1. The zero-order valence-corrected chi connectivity index (χ0v) is 13.3. The minimum absolute atomic E-state index is 0.101. The Labute approximate surface area is 138 Å². The van der Waals surface area contributed by atoms with E-state index in [1.807, 2.05) is 6.92 Å². The number of benzene rings is 2. The molecule has 5 heteroatoms. The number of aliphatic hydroxyl groups is 1. The molecule has 1 unspecified atom stereocenters. The van der Waals surface area contributed by atoms with Crippen LogP contribution in [-0.2, 0) is 9.59 Å². The van der Waals surface area contributed by atoms with Gasteiger partial charge in [-0.05, 0) is 13.0 Å². The van der Waals surface area contributed by atoms with E-state index >= 15 is 0 Å². The van der Waals surface area contributed by atoms with Gasteiger partial charge >= 0.3 is 0 Å². The molecule has 1 heterocycles. The van der Waals surface area contributed by atoms with Gasteiger partial charge in [0.2, 0.25) is 0 Å². The van der Waals surface area contributed by atoms with Crippen LogP contribution in [0.1, 0.15) is 22.7 Å². The Bertz CT molecular complexity index is 855. The van der Waals surface area contributed by atoms with E-state index < -0.39 is 23.5 Å². The molecule has 122 valence electrons. The highest BCUT2D eigenvalue weighted by Crippen LogP contribution is 2.39. The second-order valence-electron chi connectivity index (χ2n) is 5.80. The smallest absolute Gasteiger partial charge is 0.295 e. The lowest BCUT2D eigenvalue weighted by molar-refractivity contribution is -0.139. The predicted octanol–water partition coefficient (Wildman–Crippen LogP) is 3.19. The van der Waals surface area contributed by atoms with Crippen molar-refractivity contribution in [3.05, 3.63) is 76.6 Å². The Balaban J connectivity index is 2.20. The van der Waals surface area contributed by atoms with Gasteiger partial charge in [-0.1, -0.05) is 48.0 Å². The predicted molar refractivity (Wildman–Crippen MR) is 87.6 cm³/mol. The molecule has 24 heavy (non-hydrogen) atoms. The van der Waals surface area contributed by atoms with Gasteiger partial charge in [-0.25, -0.2) is 4.39 Å². The Morgan fingerprint density at radius 1 is 1.08 bits per heavy atom. The number of aliphatic hydroxyl groups excluding tert-OH is 1. The van der Waals surface area contributed by atoms with Gasteiger partial charge in [-0.15, -0.1) is 0 Å². The number of carbonyl (C=O) groups is 2. The summed E-state index contributed by atoms with van der Waals surface area (Å²) >= 11 is 0. The van der Waals surface area contributed by atoms with E-state index in [1.165, 1.54) is 25.2 Å². The van der Waals surface area contributed by atoms with Crippen LogP contribution in [0.4, 0.5) is 4.39 Å². The quantitative estimate of drug-likeness (QED) is 0.524. The number of nitrogens with zero attached hydrogens (tertiary/aromatic N) is 1. The van der Waals surface area contributed by atoms with E-state index in [2.05, 4.69) is 0 Å². The van der Waals surface area contributed by atoms with Gasteiger partial charge in [-0.3, -0.25) is 9.59 Å². The Morgan fingerprint density at radius 3 is 2.33 bits per heavy atom. The molecule has 0 spiro atoms. The molecule has 1 atom stereocenters. The molecule has 1 fully saturated rings. The Hall–Kier alpha value is -2.95. The molecule has 1 saturated heterocycles. The number of likely N-dealkylation sites (tertiary alicyclic amines) is 1. The van der Waals surface area contributed by atoms with Gasteiger partial charge in [0.25, 0.3) is 11.7 Å². The van der Waals surface area contributed by atoms with Crippen molar-refractivity contribution in [3.63, 3.8) is 0 Å². The van der Waals surface area contributed by atoms with Gasteiger partial charge in [0, 0.05) is 18.2 Å². The monoisotopic (exact) mass is 325 g/mol. The summed E-state index contributed by atoms with van der Waals surface area (Å²) in [5, 5.41) is 10.6. The van der Waals surface area contributed by atoms with Crippen LogP contribution in [0.3, 0.4) is 0 Å². The van der Waals surface area contributed by atoms with E-state index in [1.54, 1.807) is 30.3 Å². The van der Waals surface area contributed by atoms with Gasteiger partial charge < -0.3 is 10.0 Å². The van der Waals surface area contributed by atoms with Gasteiger partial charge in [0.05, 0.1) is 11.6 Å². The molecule has 1 amide bonds. The van der Waals surface area contributed by atoms with Crippen molar-refractivity contribution in [2.45, 2.75) is 13.0 Å². The summed E-state index contributed by atoms with van der Waals surface area (Å²) in [6.07, 6.45) is 0. The van der Waals surface area contributed by atoms with E-state index in [9.17, 15) is 19.1 Å². The summed E-state index contributed by atoms with van der Waals surface area (Å²) in [7, 11) is 1.42. The van der Waals surface area contributed by atoms with Crippen LogP contribution in [0.5, 0.6) is 0 Å². The lowest BCUT2D eigenvalue weighted by Crippen LogP contribution is -2.25. The minimum atomic E-state index is -0.951. The first kappa shape index (κ1) is 15.9. The van der Waals surface area contributed by atoms with Gasteiger partial charge in [0.15, 0.2) is 0 Å². The van der Waals surface area contributed by atoms with Crippen LogP contribution in [0.15, 0.2) is 54.1 Å². The van der Waals surface area contributed by atoms with Gasteiger partial charge in [0.1, 0.15) is 11.6 Å². The lowest BCUT2D eigenvalue weighted by atomic mass is 9.95. The number of Topliss-reactive ketones (excluding diaryl/α,β-unsaturated/α-hetero) is 1. The van der Waals surface area contributed by atoms with E-state index in [-0.39, 0.29) is 16.9 Å². The molecule has 0 aliphatic carbocycles. The van der Waals surface area contributed by atoms with Gasteiger partial charge in [-0.2, -0.15) is 0 Å². The van der Waals surface area contributed by atoms with Crippen LogP contribution < -0.4 is 0 Å². The van der Waals surface area contributed by atoms with Crippen LogP contribution in [-0.4, -0.2) is 28.7 Å². The van der Waals surface area contributed by atoms with Crippen molar-refractivity contribution in [2.75, 3.05) is 7.05 Å². The average Bonchev–Trinajstić information content (AvgIpc) is 2.79. The van der Waals surface area contributed by atoms with E-state index in [4.69, 9.17) is 0 Å². The number of aryl methyl sites for hydroxylation is 1. The maximum atomic E-state index is 14.2. The Morgan fingerprint density at radius 2 is 1.71 bits per heavy atom. The van der Waals surface area contributed by atoms with Crippen molar-refractivity contribution in [2.24, 2.45) is 0 Å². The number of halogens is 1. The first-order chi connectivity index (χ1) is 11.4. The summed E-state index contributed by atoms with van der Waals surface area (Å²) in [6, 6.07) is 11.9. The third-order valence-corrected chi connectivity index (χ3v) is 4.20. The number of rotatable bonds is 2. The fourth-order valence-electron chi connectivity index (χ4n) is 2.88. The third-order valence-electron chi connectivity index (χ3n) is 4.20. The fraction of sp³-hybridized carbons (Fsp3) is 0.158. The number of likely N-dealkylation sites (N-methyl/N-ethyl adjacent to an activating group) is 1. The van der Waals surface area contributed by atoms with E-state index in [0.717, 1.165) is 10.5 Å². The molecule has 1 aliphatic heterocycles. The lowest BCUT2D eigenvalue weighted by Gasteiger charge is -2.21. The minimum Gasteiger partial charge on any atom is -0.507 e. The number of carbonyl (C=O) groups excluding carboxylic acids is 2. The molecule has 0 radical (unpaired) electrons. The largest absolute Gasteiger partial charge is 0.507 e. The molecule has 0 bridgehead atoms. The first-order valence-electron chi connectivity index (χ1n) is 7.48. The summed E-state index contributed by atoms with van der Waals surface area (Å²) < 4.78 is 14.2. The van der Waals surface area contributed by atoms with Crippen molar-refractivity contribution in [1.29, 1.82) is 0 Å².